The first-order valence-corrected chi connectivity index (χ1v) is 7.39. The van der Waals surface area contributed by atoms with E-state index >= 15 is 0 Å². The lowest BCUT2D eigenvalue weighted by Gasteiger charge is -2.14. The zero-order valence-corrected chi connectivity index (χ0v) is 13.4. The fourth-order valence-electron chi connectivity index (χ4n) is 1.95. The van der Waals surface area contributed by atoms with Crippen LogP contribution in [0.3, 0.4) is 0 Å². The highest BCUT2D eigenvalue weighted by molar-refractivity contribution is 6.32. The van der Waals surface area contributed by atoms with Gasteiger partial charge in [0.05, 0.1) is 7.11 Å². The lowest BCUT2D eigenvalue weighted by molar-refractivity contribution is 0.415. The molecule has 0 aliphatic heterocycles. The number of benzene rings is 1. The second-order valence-corrected chi connectivity index (χ2v) is 5.57. The van der Waals surface area contributed by atoms with Crippen LogP contribution in [-0.2, 0) is 6.42 Å². The first-order valence-electron chi connectivity index (χ1n) is 6.63. The summed E-state index contributed by atoms with van der Waals surface area (Å²) in [5.41, 5.74) is 1.96. The van der Waals surface area contributed by atoms with Crippen LogP contribution in [0.2, 0.25) is 10.4 Å². The van der Waals surface area contributed by atoms with Crippen LogP contribution in [0.5, 0.6) is 5.75 Å². The molecule has 0 amide bonds. The molecule has 2 aromatic rings. The van der Waals surface area contributed by atoms with Gasteiger partial charge in [0, 0.05) is 24.0 Å². The molecule has 0 fully saturated rings. The number of nitrogens with zero attached hydrogens (tertiary/aromatic N) is 2. The minimum Gasteiger partial charge on any atom is -0.497 e. The van der Waals surface area contributed by atoms with Crippen LogP contribution in [0.4, 0.5) is 5.69 Å². The zero-order valence-electron chi connectivity index (χ0n) is 11.9. The molecular weight excluding hydrogens is 309 g/mol. The summed E-state index contributed by atoms with van der Waals surface area (Å²) in [6, 6.07) is 7.83. The molecule has 112 valence electrons. The van der Waals surface area contributed by atoms with Crippen molar-refractivity contribution in [3.63, 3.8) is 0 Å². The molecule has 0 spiro atoms. The van der Waals surface area contributed by atoms with Crippen LogP contribution >= 0.6 is 23.2 Å². The summed E-state index contributed by atoms with van der Waals surface area (Å²) in [4.78, 5) is 7.92. The van der Waals surface area contributed by atoms with Crippen molar-refractivity contribution in [2.24, 2.45) is 5.92 Å². The van der Waals surface area contributed by atoms with Gasteiger partial charge in [-0.15, -0.1) is 0 Å². The molecule has 0 radical (unpaired) electrons. The van der Waals surface area contributed by atoms with E-state index in [-0.39, 0.29) is 5.28 Å². The third kappa shape index (κ3) is 4.76. The Labute approximate surface area is 134 Å². The first kappa shape index (κ1) is 15.9. The predicted molar refractivity (Wildman–Crippen MR) is 86.4 cm³/mol. The lowest BCUT2D eigenvalue weighted by atomic mass is 10.0. The minimum atomic E-state index is 0.174. The van der Waals surface area contributed by atoms with E-state index in [1.165, 1.54) is 0 Å². The second-order valence-electron chi connectivity index (χ2n) is 4.87. The number of ether oxygens (including phenoxy) is 1. The topological polar surface area (TPSA) is 47.0 Å². The molecule has 6 heteroatoms. The number of rotatable bonds is 6. The third-order valence-corrected chi connectivity index (χ3v) is 3.60. The molecule has 1 aromatic carbocycles. The highest BCUT2D eigenvalue weighted by Crippen LogP contribution is 2.19. The van der Waals surface area contributed by atoms with Gasteiger partial charge in [-0.2, -0.15) is 0 Å². The Hall–Kier alpha value is -1.52. The van der Waals surface area contributed by atoms with E-state index in [0.29, 0.717) is 11.1 Å². The van der Waals surface area contributed by atoms with E-state index < -0.39 is 0 Å². The highest BCUT2D eigenvalue weighted by Gasteiger charge is 2.09. The van der Waals surface area contributed by atoms with E-state index in [4.69, 9.17) is 27.9 Å². The van der Waals surface area contributed by atoms with Gasteiger partial charge in [-0.05, 0) is 48.2 Å². The van der Waals surface area contributed by atoms with Gasteiger partial charge in [0.25, 0.3) is 0 Å². The Balaban J connectivity index is 1.87. The van der Waals surface area contributed by atoms with Crippen LogP contribution < -0.4 is 10.1 Å². The Morgan fingerprint density at radius 2 is 1.95 bits per heavy atom. The van der Waals surface area contributed by atoms with Gasteiger partial charge in [0.15, 0.2) is 0 Å². The lowest BCUT2D eigenvalue weighted by Crippen LogP contribution is -2.14. The fraction of sp³-hybridized carbons (Fsp3) is 0.333. The van der Waals surface area contributed by atoms with Crippen molar-refractivity contribution in [3.05, 3.63) is 46.5 Å². The van der Waals surface area contributed by atoms with E-state index in [1.807, 2.05) is 24.3 Å². The van der Waals surface area contributed by atoms with Crippen molar-refractivity contribution in [1.29, 1.82) is 0 Å². The molecule has 1 atom stereocenters. The van der Waals surface area contributed by atoms with Crippen LogP contribution in [-0.4, -0.2) is 23.6 Å². The number of hydrogen-bond acceptors (Lipinski definition) is 4. The molecule has 2 rings (SSSR count). The maximum absolute atomic E-state index is 6.05. The van der Waals surface area contributed by atoms with Gasteiger partial charge in [-0.1, -0.05) is 18.5 Å². The monoisotopic (exact) mass is 325 g/mol. The average molecular weight is 326 g/mol. The first-order chi connectivity index (χ1) is 10.1. The van der Waals surface area contributed by atoms with E-state index in [9.17, 15) is 0 Å². The number of anilines is 1. The second kappa shape index (κ2) is 7.48. The maximum atomic E-state index is 6.05. The molecule has 1 N–H and O–H groups in total. The average Bonchev–Trinajstić information content (AvgIpc) is 2.48. The van der Waals surface area contributed by atoms with Crippen molar-refractivity contribution in [2.75, 3.05) is 19.0 Å². The third-order valence-electron chi connectivity index (χ3n) is 3.10. The van der Waals surface area contributed by atoms with E-state index in [1.54, 1.807) is 13.3 Å². The van der Waals surface area contributed by atoms with Gasteiger partial charge in [-0.25, -0.2) is 9.97 Å². The molecular formula is C15H17Cl2N3O. The van der Waals surface area contributed by atoms with Gasteiger partial charge in [0.2, 0.25) is 5.28 Å². The SMILES string of the molecule is COc1ccc(NCC(C)Cc2cnc(Cl)nc2Cl)cc1. The van der Waals surface area contributed by atoms with Crippen molar-refractivity contribution >= 4 is 28.9 Å². The van der Waals surface area contributed by atoms with Crippen LogP contribution in [0.15, 0.2) is 30.5 Å². The smallest absolute Gasteiger partial charge is 0.223 e. The Morgan fingerprint density at radius 3 is 2.57 bits per heavy atom. The van der Waals surface area contributed by atoms with Crippen molar-refractivity contribution in [1.82, 2.24) is 9.97 Å². The molecule has 4 nitrogen and oxygen atoms in total. The molecule has 0 aliphatic rings. The molecule has 21 heavy (non-hydrogen) atoms. The molecule has 1 heterocycles. The summed E-state index contributed by atoms with van der Waals surface area (Å²) in [7, 11) is 1.66. The van der Waals surface area contributed by atoms with Gasteiger partial charge in [0.1, 0.15) is 10.9 Å². The van der Waals surface area contributed by atoms with Crippen molar-refractivity contribution < 1.29 is 4.74 Å². The summed E-state index contributed by atoms with van der Waals surface area (Å²) < 4.78 is 5.13. The van der Waals surface area contributed by atoms with Crippen molar-refractivity contribution in [3.8, 4) is 5.75 Å². The van der Waals surface area contributed by atoms with Gasteiger partial charge in [-0.3, -0.25) is 0 Å². The molecule has 1 aromatic heterocycles. The van der Waals surface area contributed by atoms with Gasteiger partial charge < -0.3 is 10.1 Å². The quantitative estimate of drug-likeness (QED) is 0.642. The molecule has 1 unspecified atom stereocenters. The normalized spacial score (nSPS) is 12.0. The molecule has 0 bridgehead atoms. The molecule has 0 saturated carbocycles. The largest absolute Gasteiger partial charge is 0.497 e. The number of hydrogen-bond donors (Lipinski definition) is 1. The van der Waals surface area contributed by atoms with Gasteiger partial charge >= 0.3 is 0 Å². The van der Waals surface area contributed by atoms with Crippen LogP contribution in [0.1, 0.15) is 12.5 Å². The zero-order chi connectivity index (χ0) is 15.2. The Kier molecular flexibility index (Phi) is 5.65. The number of methoxy groups -OCH3 is 1. The summed E-state index contributed by atoms with van der Waals surface area (Å²) in [6.45, 7) is 2.97. The minimum absolute atomic E-state index is 0.174. The van der Waals surface area contributed by atoms with Crippen molar-refractivity contribution in [2.45, 2.75) is 13.3 Å². The highest BCUT2D eigenvalue weighted by atomic mass is 35.5. The molecule has 0 saturated heterocycles. The predicted octanol–water partition coefficient (Wildman–Crippen LogP) is 4.08. The Morgan fingerprint density at radius 1 is 1.24 bits per heavy atom. The summed E-state index contributed by atoms with van der Waals surface area (Å²) in [5, 5.41) is 3.98. The Bertz CT molecular complexity index is 590. The van der Waals surface area contributed by atoms with E-state index in [2.05, 4.69) is 22.2 Å². The fourth-order valence-corrected chi connectivity index (χ4v) is 2.33. The number of nitrogens with one attached hydrogen (secondary N) is 1. The van der Waals surface area contributed by atoms with E-state index in [0.717, 1.165) is 30.0 Å². The summed E-state index contributed by atoms with van der Waals surface area (Å²) in [5.74, 6) is 1.23. The number of halogens is 2. The number of aromatic nitrogens is 2. The van der Waals surface area contributed by atoms with Crippen LogP contribution in [0, 0.1) is 5.92 Å². The standard InChI is InChI=1S/C15H17Cl2N3O/c1-10(7-11-9-19-15(17)20-14(11)16)8-18-12-3-5-13(21-2)6-4-12/h3-6,9-10,18H,7-8H2,1-2H3. The van der Waals surface area contributed by atoms with Crippen LogP contribution in [0.25, 0.3) is 0 Å². The summed E-state index contributed by atoms with van der Waals surface area (Å²) in [6.07, 6.45) is 2.47. The maximum Gasteiger partial charge on any atom is 0.223 e. The molecule has 0 aliphatic carbocycles. The summed E-state index contributed by atoms with van der Waals surface area (Å²) >= 11 is 11.7.